The van der Waals surface area contributed by atoms with Crippen molar-refractivity contribution in [3.63, 3.8) is 0 Å². The molecule has 0 bridgehead atoms. The van der Waals surface area contributed by atoms with E-state index in [9.17, 15) is 4.79 Å². The molecule has 6 heteroatoms. The Morgan fingerprint density at radius 3 is 2.33 bits per heavy atom. The summed E-state index contributed by atoms with van der Waals surface area (Å²) in [5.74, 6) is 0. The monoisotopic (exact) mass is 413 g/mol. The molecule has 1 rings (SSSR count). The van der Waals surface area contributed by atoms with Crippen molar-refractivity contribution in [2.24, 2.45) is 0 Å². The fraction of sp³-hybridized carbons (Fsp3) is 0.933. The minimum Gasteiger partial charge on any atom is -0.444 e. The highest BCUT2D eigenvalue weighted by molar-refractivity contribution is 14.1. The Kier molecular flexibility index (Phi) is 7.70. The highest BCUT2D eigenvalue weighted by atomic mass is 127. The largest absolute Gasteiger partial charge is 0.444 e. The van der Waals surface area contributed by atoms with Gasteiger partial charge in [0.1, 0.15) is 5.60 Å². The zero-order valence-electron chi connectivity index (χ0n) is 13.6. The first kappa shape index (κ1) is 19.0. The molecule has 1 heterocycles. The molecule has 0 unspecified atom stereocenters. The molecule has 124 valence electrons. The Hall–Kier alpha value is -0.0800. The molecule has 0 aromatic heterocycles. The van der Waals surface area contributed by atoms with E-state index in [0.29, 0.717) is 32.9 Å². The van der Waals surface area contributed by atoms with Crippen LogP contribution in [-0.2, 0) is 14.2 Å². The number of carbonyl (C=O) groups excluding carboxylic acids is 1. The molecule has 0 aromatic rings. The van der Waals surface area contributed by atoms with E-state index in [0.717, 1.165) is 17.3 Å². The zero-order chi connectivity index (χ0) is 15.9. The van der Waals surface area contributed by atoms with Crippen LogP contribution >= 0.6 is 22.6 Å². The van der Waals surface area contributed by atoms with Crippen molar-refractivity contribution < 1.29 is 19.0 Å². The van der Waals surface area contributed by atoms with E-state index in [-0.39, 0.29) is 11.7 Å². The van der Waals surface area contributed by atoms with Gasteiger partial charge in [-0.05, 0) is 40.5 Å². The molecule has 21 heavy (non-hydrogen) atoms. The van der Waals surface area contributed by atoms with E-state index in [1.165, 1.54) is 0 Å². The summed E-state index contributed by atoms with van der Waals surface area (Å²) in [7, 11) is 0. The minimum absolute atomic E-state index is 0.129. The van der Waals surface area contributed by atoms with Gasteiger partial charge in [0, 0.05) is 24.1 Å². The van der Waals surface area contributed by atoms with E-state index in [1.807, 2.05) is 27.7 Å². The number of alkyl halides is 1. The Morgan fingerprint density at radius 1 is 1.24 bits per heavy atom. The molecule has 0 radical (unpaired) electrons. The van der Waals surface area contributed by atoms with Gasteiger partial charge in [-0.15, -0.1) is 0 Å². The first-order chi connectivity index (χ1) is 9.82. The summed E-state index contributed by atoms with van der Waals surface area (Å²) in [5.41, 5.74) is -0.570. The van der Waals surface area contributed by atoms with E-state index >= 15 is 0 Å². The summed E-state index contributed by atoms with van der Waals surface area (Å²) >= 11 is 2.37. The molecule has 0 aliphatic carbocycles. The molecular weight excluding hydrogens is 385 g/mol. The normalized spacial score (nSPS) is 18.6. The van der Waals surface area contributed by atoms with Crippen molar-refractivity contribution in [1.29, 1.82) is 0 Å². The van der Waals surface area contributed by atoms with E-state index in [4.69, 9.17) is 14.2 Å². The predicted molar refractivity (Wildman–Crippen MR) is 91.1 cm³/mol. The van der Waals surface area contributed by atoms with Crippen molar-refractivity contribution >= 4 is 28.7 Å². The van der Waals surface area contributed by atoms with Gasteiger partial charge in [-0.3, -0.25) is 0 Å². The lowest BCUT2D eigenvalue weighted by Gasteiger charge is -2.40. The predicted octanol–water partition coefficient (Wildman–Crippen LogP) is 3.24. The Bertz CT molecular complexity index is 322. The Balaban J connectivity index is 2.42. The molecule has 1 saturated heterocycles. The van der Waals surface area contributed by atoms with Crippen LogP contribution in [0.3, 0.4) is 0 Å². The zero-order valence-corrected chi connectivity index (χ0v) is 15.8. The second kappa shape index (κ2) is 8.53. The van der Waals surface area contributed by atoms with Gasteiger partial charge in [-0.2, -0.15) is 0 Å². The molecular formula is C15H28INO4. The van der Waals surface area contributed by atoms with Crippen molar-refractivity contribution in [3.05, 3.63) is 0 Å². The smallest absolute Gasteiger partial charge is 0.410 e. The average molecular weight is 413 g/mol. The van der Waals surface area contributed by atoms with Gasteiger partial charge < -0.3 is 19.1 Å². The molecule has 1 fully saturated rings. The highest BCUT2D eigenvalue weighted by Crippen LogP contribution is 2.29. The number of rotatable bonds is 6. The maximum atomic E-state index is 12.1. The van der Waals surface area contributed by atoms with Crippen molar-refractivity contribution in [2.75, 3.05) is 37.3 Å². The van der Waals surface area contributed by atoms with Gasteiger partial charge in [0.05, 0.1) is 18.8 Å². The summed E-state index contributed by atoms with van der Waals surface area (Å²) in [4.78, 5) is 13.8. The molecule has 1 amide bonds. The summed E-state index contributed by atoms with van der Waals surface area (Å²) < 4.78 is 17.7. The number of amides is 1. The van der Waals surface area contributed by atoms with Gasteiger partial charge in [0.2, 0.25) is 0 Å². The maximum Gasteiger partial charge on any atom is 0.410 e. The molecule has 5 nitrogen and oxygen atoms in total. The van der Waals surface area contributed by atoms with Gasteiger partial charge in [-0.25, -0.2) is 4.79 Å². The van der Waals surface area contributed by atoms with Crippen LogP contribution in [0.4, 0.5) is 4.79 Å². The van der Waals surface area contributed by atoms with Gasteiger partial charge in [0.15, 0.2) is 0 Å². The quantitative estimate of drug-likeness (QED) is 0.381. The molecule has 0 saturated carbocycles. The number of halogens is 1. The van der Waals surface area contributed by atoms with Gasteiger partial charge in [-0.1, -0.05) is 22.6 Å². The molecule has 0 spiro atoms. The van der Waals surface area contributed by atoms with E-state index in [2.05, 4.69) is 22.6 Å². The first-order valence-corrected chi connectivity index (χ1v) is 9.10. The van der Waals surface area contributed by atoms with Crippen LogP contribution < -0.4 is 0 Å². The number of hydrogen-bond donors (Lipinski definition) is 0. The molecule has 1 aliphatic heterocycles. The maximum absolute atomic E-state index is 12.1. The number of nitrogens with zero attached hydrogens (tertiary/aromatic N) is 1. The minimum atomic E-state index is -0.442. The van der Waals surface area contributed by atoms with Crippen LogP contribution in [0.1, 0.15) is 40.5 Å². The fourth-order valence-corrected chi connectivity index (χ4v) is 3.18. The Morgan fingerprint density at radius 2 is 1.86 bits per heavy atom. The van der Waals surface area contributed by atoms with Gasteiger partial charge >= 0.3 is 6.09 Å². The van der Waals surface area contributed by atoms with Gasteiger partial charge in [0.25, 0.3) is 0 Å². The molecule has 1 aliphatic rings. The number of hydrogen-bond acceptors (Lipinski definition) is 4. The standard InChI is InChI=1S/C15H28INO4/c1-5-19-10-11-20-15(12-16)6-8-17(9-7-15)13(18)21-14(2,3)4/h5-12H2,1-4H3. The van der Waals surface area contributed by atoms with Crippen LogP contribution in [0.25, 0.3) is 0 Å². The third-order valence-corrected chi connectivity index (χ3v) is 4.80. The number of carbonyl (C=O) groups is 1. The van der Waals surface area contributed by atoms with Crippen LogP contribution in [0, 0.1) is 0 Å². The lowest BCUT2D eigenvalue weighted by atomic mass is 9.93. The SMILES string of the molecule is CCOCCOC1(CI)CCN(C(=O)OC(C)(C)C)CC1. The molecule has 0 N–H and O–H groups in total. The fourth-order valence-electron chi connectivity index (χ4n) is 2.20. The number of likely N-dealkylation sites (tertiary alicyclic amines) is 1. The lowest BCUT2D eigenvalue weighted by Crippen LogP contribution is -2.50. The molecule has 0 aromatic carbocycles. The average Bonchev–Trinajstić information content (AvgIpc) is 2.42. The first-order valence-electron chi connectivity index (χ1n) is 7.57. The van der Waals surface area contributed by atoms with E-state index in [1.54, 1.807) is 4.90 Å². The summed E-state index contributed by atoms with van der Waals surface area (Å²) in [5, 5.41) is 0. The Labute approximate surface area is 141 Å². The summed E-state index contributed by atoms with van der Waals surface area (Å²) in [6, 6.07) is 0. The van der Waals surface area contributed by atoms with Crippen molar-refractivity contribution in [3.8, 4) is 0 Å². The van der Waals surface area contributed by atoms with Crippen molar-refractivity contribution in [1.82, 2.24) is 4.90 Å². The van der Waals surface area contributed by atoms with Crippen LogP contribution in [-0.4, -0.2) is 59.5 Å². The second-order valence-corrected chi connectivity index (χ2v) is 7.09. The van der Waals surface area contributed by atoms with Crippen molar-refractivity contribution in [2.45, 2.75) is 51.7 Å². The summed E-state index contributed by atoms with van der Waals surface area (Å²) in [6.45, 7) is 11.0. The molecule has 0 atom stereocenters. The third-order valence-electron chi connectivity index (χ3n) is 3.41. The van der Waals surface area contributed by atoms with Crippen LogP contribution in [0.15, 0.2) is 0 Å². The third kappa shape index (κ3) is 6.69. The summed E-state index contributed by atoms with van der Waals surface area (Å²) in [6.07, 6.45) is 1.47. The topological polar surface area (TPSA) is 48.0 Å². The number of piperidine rings is 1. The van der Waals surface area contributed by atoms with Crippen LogP contribution in [0.2, 0.25) is 0 Å². The lowest BCUT2D eigenvalue weighted by molar-refractivity contribution is -0.0824. The second-order valence-electron chi connectivity index (χ2n) is 6.33. The number of ether oxygens (including phenoxy) is 3. The van der Waals surface area contributed by atoms with E-state index < -0.39 is 5.60 Å². The van der Waals surface area contributed by atoms with Crippen LogP contribution in [0.5, 0.6) is 0 Å². The highest BCUT2D eigenvalue weighted by Gasteiger charge is 2.37.